The highest BCUT2D eigenvalue weighted by atomic mass is 35.5. The average molecular weight is 603 g/mol. The lowest BCUT2D eigenvalue weighted by molar-refractivity contribution is 0.391. The zero-order valence-electron chi connectivity index (χ0n) is 21.8. The molecule has 1 aliphatic carbocycles. The third kappa shape index (κ3) is 5.60. The van der Waals surface area contributed by atoms with Crippen LogP contribution < -0.4 is 24.8 Å². The molecule has 1 aliphatic rings. The average Bonchev–Trinajstić information content (AvgIpc) is 3.48. The molecule has 8 nitrogen and oxygen atoms in total. The molecule has 1 unspecified atom stereocenters. The minimum absolute atomic E-state index is 0.0622. The number of thiazole rings is 1. The molecule has 1 heterocycles. The Bertz CT molecular complexity index is 1620. The Morgan fingerprint density at radius 2 is 1.88 bits per heavy atom. The lowest BCUT2D eigenvalue weighted by atomic mass is 9.85. The minimum atomic E-state index is -4.43. The molecule has 4 aromatic rings. The Hall–Kier alpha value is -3.38. The third-order valence-corrected chi connectivity index (χ3v) is 9.88. The molecule has 210 valence electrons. The van der Waals surface area contributed by atoms with Gasteiger partial charge in [0.15, 0.2) is 5.13 Å². The topological polar surface area (TPSA) is 107 Å². The van der Waals surface area contributed by atoms with Crippen LogP contribution in [-0.4, -0.2) is 39.7 Å². The maximum atomic E-state index is 15.6. The molecule has 0 saturated carbocycles. The SMILES string of the molecule is COc1ccc(CN(c2nccs2)S(=O)(=O)c2cc(Cl)c(NC3Cc4ccccc4C[C@@H]3N)cc2F)c(OC)c1. The third-order valence-electron chi connectivity index (χ3n) is 6.90. The number of rotatable bonds is 9. The zero-order chi connectivity index (χ0) is 28.4. The molecule has 0 fully saturated rings. The zero-order valence-corrected chi connectivity index (χ0v) is 24.2. The van der Waals surface area contributed by atoms with Crippen molar-refractivity contribution < 1.29 is 22.3 Å². The normalized spacial score (nSPS) is 16.7. The van der Waals surface area contributed by atoms with Crippen LogP contribution in [-0.2, 0) is 29.4 Å². The number of ether oxygens (including phenoxy) is 2. The van der Waals surface area contributed by atoms with Crippen molar-refractivity contribution in [2.45, 2.75) is 36.4 Å². The summed E-state index contributed by atoms with van der Waals surface area (Å²) in [7, 11) is -1.44. The summed E-state index contributed by atoms with van der Waals surface area (Å²) in [5, 5.41) is 5.11. The molecule has 3 aromatic carbocycles. The monoisotopic (exact) mass is 602 g/mol. The van der Waals surface area contributed by atoms with Gasteiger partial charge < -0.3 is 20.5 Å². The van der Waals surface area contributed by atoms with E-state index in [-0.39, 0.29) is 34.5 Å². The van der Waals surface area contributed by atoms with E-state index in [9.17, 15) is 8.42 Å². The van der Waals surface area contributed by atoms with Crippen LogP contribution in [0.15, 0.2) is 71.1 Å². The van der Waals surface area contributed by atoms with E-state index in [2.05, 4.69) is 10.3 Å². The van der Waals surface area contributed by atoms with Crippen molar-refractivity contribution in [3.8, 4) is 11.5 Å². The second kappa shape index (κ2) is 11.6. The van der Waals surface area contributed by atoms with Crippen LogP contribution in [0.25, 0.3) is 0 Å². The van der Waals surface area contributed by atoms with Crippen molar-refractivity contribution in [1.82, 2.24) is 4.98 Å². The second-order valence-electron chi connectivity index (χ2n) is 9.36. The largest absolute Gasteiger partial charge is 0.497 e. The fourth-order valence-electron chi connectivity index (χ4n) is 4.79. The molecule has 2 atom stereocenters. The van der Waals surface area contributed by atoms with Crippen molar-refractivity contribution in [3.63, 3.8) is 0 Å². The molecule has 40 heavy (non-hydrogen) atoms. The van der Waals surface area contributed by atoms with Gasteiger partial charge in [-0.25, -0.2) is 22.1 Å². The molecule has 3 N–H and O–H groups in total. The number of sulfonamides is 1. The molecule has 0 radical (unpaired) electrons. The van der Waals surface area contributed by atoms with Gasteiger partial charge in [0.05, 0.1) is 31.5 Å². The van der Waals surface area contributed by atoms with Crippen molar-refractivity contribution in [2.24, 2.45) is 5.73 Å². The second-order valence-corrected chi connectivity index (χ2v) is 12.5. The molecule has 0 saturated heterocycles. The van der Waals surface area contributed by atoms with Crippen LogP contribution in [0.4, 0.5) is 15.2 Å². The highest BCUT2D eigenvalue weighted by Gasteiger charge is 2.32. The fraction of sp³-hybridized carbons (Fsp3) is 0.250. The quantitative estimate of drug-likeness (QED) is 0.269. The number of nitrogens with two attached hydrogens (primary N) is 1. The van der Waals surface area contributed by atoms with Crippen molar-refractivity contribution >= 4 is 43.8 Å². The van der Waals surface area contributed by atoms with Crippen molar-refractivity contribution in [2.75, 3.05) is 23.8 Å². The summed E-state index contributed by atoms with van der Waals surface area (Å²) in [6.07, 6.45) is 2.78. The highest BCUT2D eigenvalue weighted by Crippen LogP contribution is 2.36. The maximum absolute atomic E-state index is 15.6. The summed E-state index contributed by atoms with van der Waals surface area (Å²) in [4.78, 5) is 3.62. The number of aromatic nitrogens is 1. The van der Waals surface area contributed by atoms with E-state index in [1.54, 1.807) is 23.6 Å². The summed E-state index contributed by atoms with van der Waals surface area (Å²) in [5.74, 6) is 0.0193. The smallest absolute Gasteiger partial charge is 0.269 e. The van der Waals surface area contributed by atoms with E-state index >= 15 is 4.39 Å². The summed E-state index contributed by atoms with van der Waals surface area (Å²) in [6, 6.07) is 14.9. The first-order valence-electron chi connectivity index (χ1n) is 12.4. The number of methoxy groups -OCH3 is 2. The van der Waals surface area contributed by atoms with Gasteiger partial charge in [0.1, 0.15) is 22.2 Å². The summed E-state index contributed by atoms with van der Waals surface area (Å²) in [6.45, 7) is -0.156. The molecular formula is C28H28ClFN4O4S2. The lowest BCUT2D eigenvalue weighted by Gasteiger charge is -2.32. The number of nitrogens with one attached hydrogen (secondary N) is 1. The molecule has 0 spiro atoms. The molecule has 0 bridgehead atoms. The number of anilines is 2. The first-order chi connectivity index (χ1) is 19.2. The Morgan fingerprint density at radius 1 is 1.12 bits per heavy atom. The standard InChI is InChI=1S/C28H28ClFN4O4S2/c1-37-20-8-7-19(26(13-20)38-2)16-34(28-32-9-10-39-28)40(35,36)27-14-21(29)24(15-22(27)30)33-25-12-18-6-4-3-5-17(18)11-23(25)31/h3-10,13-15,23,25,33H,11-12,16,31H2,1-2H3/t23-,25?/m0/s1. The van der Waals surface area contributed by atoms with Gasteiger partial charge in [-0.1, -0.05) is 35.9 Å². The number of hydrogen-bond acceptors (Lipinski definition) is 8. The Labute approximate surface area is 241 Å². The van der Waals surface area contributed by atoms with Crippen LogP contribution >= 0.6 is 22.9 Å². The molecule has 0 aliphatic heterocycles. The Morgan fingerprint density at radius 3 is 2.55 bits per heavy atom. The highest BCUT2D eigenvalue weighted by molar-refractivity contribution is 7.93. The molecule has 0 amide bonds. The van der Waals surface area contributed by atoms with Crippen molar-refractivity contribution in [1.29, 1.82) is 0 Å². The fourth-order valence-corrected chi connectivity index (χ4v) is 7.41. The van der Waals surface area contributed by atoms with Gasteiger partial charge in [0, 0.05) is 35.3 Å². The van der Waals surface area contributed by atoms with E-state index in [0.29, 0.717) is 29.9 Å². The van der Waals surface area contributed by atoms with Crippen LogP contribution in [0.3, 0.4) is 0 Å². The van der Waals surface area contributed by atoms with E-state index in [1.165, 1.54) is 26.0 Å². The van der Waals surface area contributed by atoms with Gasteiger partial charge in [0.25, 0.3) is 10.0 Å². The Balaban J connectivity index is 1.46. The van der Waals surface area contributed by atoms with Crippen LogP contribution in [0.2, 0.25) is 5.02 Å². The number of benzene rings is 3. The van der Waals surface area contributed by atoms with Gasteiger partial charge in [0.2, 0.25) is 0 Å². The molecule has 1 aromatic heterocycles. The number of hydrogen-bond donors (Lipinski definition) is 2. The Kier molecular flexibility index (Phi) is 8.18. The van der Waals surface area contributed by atoms with E-state index in [4.69, 9.17) is 26.8 Å². The first kappa shape index (κ1) is 28.2. The van der Waals surface area contributed by atoms with Gasteiger partial charge in [-0.05, 0) is 48.2 Å². The minimum Gasteiger partial charge on any atom is -0.497 e. The van der Waals surface area contributed by atoms with Gasteiger partial charge in [-0.2, -0.15) is 0 Å². The number of fused-ring (bicyclic) bond motifs is 1. The predicted octanol–water partition coefficient (Wildman–Crippen LogP) is 5.25. The molecule has 12 heteroatoms. The number of nitrogens with zero attached hydrogens (tertiary/aromatic N) is 2. The van der Waals surface area contributed by atoms with Gasteiger partial charge in [-0.3, -0.25) is 0 Å². The molecular weight excluding hydrogens is 575 g/mol. The molecule has 5 rings (SSSR count). The van der Waals surface area contributed by atoms with Gasteiger partial charge >= 0.3 is 0 Å². The lowest BCUT2D eigenvalue weighted by Crippen LogP contribution is -2.46. The van der Waals surface area contributed by atoms with E-state index in [1.807, 2.05) is 24.3 Å². The van der Waals surface area contributed by atoms with E-state index < -0.39 is 20.7 Å². The van der Waals surface area contributed by atoms with Crippen LogP contribution in [0.5, 0.6) is 11.5 Å². The van der Waals surface area contributed by atoms with E-state index in [0.717, 1.165) is 33.3 Å². The van der Waals surface area contributed by atoms with Gasteiger partial charge in [-0.15, -0.1) is 11.3 Å². The predicted molar refractivity (Wildman–Crippen MR) is 156 cm³/mol. The number of halogens is 2. The van der Waals surface area contributed by atoms with Crippen LogP contribution in [0, 0.1) is 5.82 Å². The summed E-state index contributed by atoms with van der Waals surface area (Å²) >= 11 is 7.66. The van der Waals surface area contributed by atoms with Crippen molar-refractivity contribution in [3.05, 3.63) is 93.7 Å². The summed E-state index contributed by atoms with van der Waals surface area (Å²) in [5.41, 5.74) is 9.57. The summed E-state index contributed by atoms with van der Waals surface area (Å²) < 4.78 is 55.2. The first-order valence-corrected chi connectivity index (χ1v) is 15.1. The van der Waals surface area contributed by atoms with Crippen LogP contribution in [0.1, 0.15) is 16.7 Å². The maximum Gasteiger partial charge on any atom is 0.269 e.